The van der Waals surface area contributed by atoms with Gasteiger partial charge in [-0.2, -0.15) is 0 Å². The molecule has 2 unspecified atom stereocenters. The molecule has 0 spiro atoms. The molecule has 2 rings (SSSR count). The molecular formula is C13H18BrN. The van der Waals surface area contributed by atoms with Gasteiger partial charge in [-0.3, -0.25) is 0 Å². The van der Waals surface area contributed by atoms with E-state index in [1.54, 1.807) is 0 Å². The largest absolute Gasteiger partial charge is 0.319 e. The Kier molecular flexibility index (Phi) is 3.47. The van der Waals surface area contributed by atoms with E-state index in [-0.39, 0.29) is 0 Å². The summed E-state index contributed by atoms with van der Waals surface area (Å²) in [5.41, 5.74) is 3.08. The van der Waals surface area contributed by atoms with E-state index in [0.717, 1.165) is 12.5 Å². The average molecular weight is 268 g/mol. The summed E-state index contributed by atoms with van der Waals surface area (Å²) in [5.74, 6) is 1.50. The van der Waals surface area contributed by atoms with Gasteiger partial charge in [0.05, 0.1) is 0 Å². The zero-order chi connectivity index (χ0) is 10.8. The number of hydrogen-bond donors (Lipinski definition) is 1. The van der Waals surface area contributed by atoms with E-state index in [1.165, 1.54) is 28.4 Å². The molecule has 1 N–H and O–H groups in total. The van der Waals surface area contributed by atoms with Gasteiger partial charge < -0.3 is 5.32 Å². The lowest BCUT2D eigenvalue weighted by atomic mass is 9.77. The minimum absolute atomic E-state index is 0.686. The summed E-state index contributed by atoms with van der Waals surface area (Å²) < 4.78 is 1.21. The highest BCUT2D eigenvalue weighted by molar-refractivity contribution is 9.10. The SMILES string of the molecule is CNCC1CC(C)Cc2ccc(Br)cc21. The molecule has 1 aromatic rings. The maximum Gasteiger partial charge on any atom is 0.0178 e. The monoisotopic (exact) mass is 267 g/mol. The number of rotatable bonds is 2. The molecule has 0 amide bonds. The highest BCUT2D eigenvalue weighted by Gasteiger charge is 2.23. The van der Waals surface area contributed by atoms with Crippen LogP contribution in [0.2, 0.25) is 0 Å². The summed E-state index contributed by atoms with van der Waals surface area (Å²) in [4.78, 5) is 0. The second-order valence-electron chi connectivity index (χ2n) is 4.64. The summed E-state index contributed by atoms with van der Waals surface area (Å²) in [6.07, 6.45) is 2.55. The van der Waals surface area contributed by atoms with Gasteiger partial charge in [0.25, 0.3) is 0 Å². The molecular weight excluding hydrogens is 250 g/mol. The minimum atomic E-state index is 0.686. The van der Waals surface area contributed by atoms with E-state index in [9.17, 15) is 0 Å². The van der Waals surface area contributed by atoms with Crippen LogP contribution in [-0.4, -0.2) is 13.6 Å². The molecule has 1 nitrogen and oxygen atoms in total. The Labute approximate surface area is 100 Å². The Morgan fingerprint density at radius 1 is 1.47 bits per heavy atom. The van der Waals surface area contributed by atoms with Gasteiger partial charge in [0.1, 0.15) is 0 Å². The number of fused-ring (bicyclic) bond motifs is 1. The highest BCUT2D eigenvalue weighted by Crippen LogP contribution is 2.35. The van der Waals surface area contributed by atoms with Crippen molar-refractivity contribution in [2.75, 3.05) is 13.6 Å². The fourth-order valence-corrected chi connectivity index (χ4v) is 3.02. The molecule has 15 heavy (non-hydrogen) atoms. The molecule has 0 radical (unpaired) electrons. The van der Waals surface area contributed by atoms with Crippen molar-refractivity contribution in [1.29, 1.82) is 0 Å². The second-order valence-corrected chi connectivity index (χ2v) is 5.56. The van der Waals surface area contributed by atoms with Crippen molar-refractivity contribution in [3.05, 3.63) is 33.8 Å². The lowest BCUT2D eigenvalue weighted by Crippen LogP contribution is -2.24. The number of hydrogen-bond acceptors (Lipinski definition) is 1. The van der Waals surface area contributed by atoms with E-state index in [1.807, 2.05) is 7.05 Å². The van der Waals surface area contributed by atoms with Crippen LogP contribution in [0.15, 0.2) is 22.7 Å². The van der Waals surface area contributed by atoms with Crippen LogP contribution in [0.3, 0.4) is 0 Å². The third kappa shape index (κ3) is 2.43. The Hall–Kier alpha value is -0.340. The van der Waals surface area contributed by atoms with Gasteiger partial charge in [0.2, 0.25) is 0 Å². The summed E-state index contributed by atoms with van der Waals surface area (Å²) in [6, 6.07) is 6.73. The number of nitrogens with one attached hydrogen (secondary N) is 1. The zero-order valence-corrected chi connectivity index (χ0v) is 11.0. The molecule has 1 aliphatic carbocycles. The van der Waals surface area contributed by atoms with Crippen molar-refractivity contribution < 1.29 is 0 Å². The number of benzene rings is 1. The van der Waals surface area contributed by atoms with E-state index in [4.69, 9.17) is 0 Å². The van der Waals surface area contributed by atoms with Crippen LogP contribution in [0.4, 0.5) is 0 Å². The fourth-order valence-electron chi connectivity index (χ4n) is 2.64. The molecule has 1 aromatic carbocycles. The molecule has 0 fully saturated rings. The molecule has 2 heteroatoms. The normalized spacial score (nSPS) is 25.0. The van der Waals surface area contributed by atoms with E-state index in [2.05, 4.69) is 46.4 Å². The first-order valence-electron chi connectivity index (χ1n) is 5.63. The number of halogens is 1. The predicted molar refractivity (Wildman–Crippen MR) is 68.3 cm³/mol. The predicted octanol–water partition coefficient (Wildman–Crippen LogP) is 3.33. The molecule has 1 aliphatic rings. The summed E-state index contributed by atoms with van der Waals surface area (Å²) in [5, 5.41) is 3.30. The van der Waals surface area contributed by atoms with Crippen molar-refractivity contribution in [3.8, 4) is 0 Å². The topological polar surface area (TPSA) is 12.0 Å². The van der Waals surface area contributed by atoms with E-state index >= 15 is 0 Å². The third-order valence-corrected chi connectivity index (χ3v) is 3.75. The van der Waals surface area contributed by atoms with Crippen LogP contribution in [0.1, 0.15) is 30.4 Å². The van der Waals surface area contributed by atoms with Crippen LogP contribution in [0.5, 0.6) is 0 Å². The molecule has 0 aromatic heterocycles. The van der Waals surface area contributed by atoms with Gasteiger partial charge in [0.15, 0.2) is 0 Å². The smallest absolute Gasteiger partial charge is 0.0178 e. The lowest BCUT2D eigenvalue weighted by molar-refractivity contribution is 0.422. The Morgan fingerprint density at radius 2 is 2.27 bits per heavy atom. The van der Waals surface area contributed by atoms with Crippen LogP contribution >= 0.6 is 15.9 Å². The molecule has 82 valence electrons. The fraction of sp³-hybridized carbons (Fsp3) is 0.538. The van der Waals surface area contributed by atoms with Crippen molar-refractivity contribution in [3.63, 3.8) is 0 Å². The standard InChI is InChI=1S/C13H18BrN/c1-9-5-10-3-4-12(14)7-13(10)11(6-9)8-15-2/h3-4,7,9,11,15H,5-6,8H2,1-2H3. The molecule has 0 aliphatic heterocycles. The molecule has 0 bridgehead atoms. The van der Waals surface area contributed by atoms with Crippen molar-refractivity contribution in [2.24, 2.45) is 5.92 Å². The minimum Gasteiger partial charge on any atom is -0.319 e. The molecule has 0 saturated heterocycles. The third-order valence-electron chi connectivity index (χ3n) is 3.25. The van der Waals surface area contributed by atoms with E-state index < -0.39 is 0 Å². The first kappa shape index (κ1) is 11.2. The lowest BCUT2D eigenvalue weighted by Gasteiger charge is -2.29. The van der Waals surface area contributed by atoms with Gasteiger partial charge >= 0.3 is 0 Å². The first-order chi connectivity index (χ1) is 7.20. The van der Waals surface area contributed by atoms with Crippen molar-refractivity contribution in [1.82, 2.24) is 5.32 Å². The summed E-state index contributed by atoms with van der Waals surface area (Å²) in [6.45, 7) is 3.45. The molecule has 2 atom stereocenters. The van der Waals surface area contributed by atoms with E-state index in [0.29, 0.717) is 5.92 Å². The first-order valence-corrected chi connectivity index (χ1v) is 6.43. The number of likely N-dealkylation sites (N-methyl/N-ethyl adjacent to an activating group) is 1. The summed E-state index contributed by atoms with van der Waals surface area (Å²) >= 11 is 3.56. The maximum atomic E-state index is 3.56. The van der Waals surface area contributed by atoms with Gasteiger partial charge in [-0.1, -0.05) is 28.9 Å². The molecule has 0 saturated carbocycles. The van der Waals surface area contributed by atoms with Gasteiger partial charge in [0, 0.05) is 11.0 Å². The van der Waals surface area contributed by atoms with Crippen LogP contribution in [0, 0.1) is 5.92 Å². The second kappa shape index (κ2) is 4.67. The highest BCUT2D eigenvalue weighted by atomic mass is 79.9. The summed E-state index contributed by atoms with van der Waals surface area (Å²) in [7, 11) is 2.04. The van der Waals surface area contributed by atoms with Crippen molar-refractivity contribution >= 4 is 15.9 Å². The van der Waals surface area contributed by atoms with Crippen molar-refractivity contribution in [2.45, 2.75) is 25.7 Å². The van der Waals surface area contributed by atoms with Crippen LogP contribution in [0.25, 0.3) is 0 Å². The Bertz CT molecular complexity index is 348. The Balaban J connectivity index is 2.34. The van der Waals surface area contributed by atoms with Crippen LogP contribution in [-0.2, 0) is 6.42 Å². The maximum absolute atomic E-state index is 3.56. The molecule has 0 heterocycles. The Morgan fingerprint density at radius 3 is 3.00 bits per heavy atom. The van der Waals surface area contributed by atoms with Gasteiger partial charge in [-0.15, -0.1) is 0 Å². The average Bonchev–Trinajstić information content (AvgIpc) is 2.19. The van der Waals surface area contributed by atoms with Gasteiger partial charge in [-0.25, -0.2) is 0 Å². The quantitative estimate of drug-likeness (QED) is 0.867. The van der Waals surface area contributed by atoms with Crippen LogP contribution < -0.4 is 5.32 Å². The zero-order valence-electron chi connectivity index (χ0n) is 9.39. The van der Waals surface area contributed by atoms with Gasteiger partial charge in [-0.05, 0) is 55.0 Å².